The van der Waals surface area contributed by atoms with E-state index in [1.807, 2.05) is 0 Å². The van der Waals surface area contributed by atoms with E-state index in [0.29, 0.717) is 19.0 Å². The molecule has 0 saturated carbocycles. The second-order valence-electron chi connectivity index (χ2n) is 4.91. The minimum absolute atomic E-state index is 0.0288. The largest absolute Gasteiger partial charge is 0.368 e. The highest BCUT2D eigenvalue weighted by Crippen LogP contribution is 2.27. The van der Waals surface area contributed by atoms with Crippen LogP contribution in [0.5, 0.6) is 0 Å². The van der Waals surface area contributed by atoms with Crippen molar-refractivity contribution in [2.45, 2.75) is 52.1 Å². The zero-order valence-electron chi connectivity index (χ0n) is 10.9. The van der Waals surface area contributed by atoms with Gasteiger partial charge in [0.05, 0.1) is 0 Å². The Morgan fingerprint density at radius 1 is 1.41 bits per heavy atom. The number of ether oxygens (including phenoxy) is 1. The van der Waals surface area contributed by atoms with Crippen molar-refractivity contribution < 1.29 is 9.53 Å². The van der Waals surface area contributed by atoms with E-state index in [1.54, 1.807) is 0 Å². The van der Waals surface area contributed by atoms with Crippen molar-refractivity contribution in [3.63, 3.8) is 0 Å². The zero-order valence-corrected chi connectivity index (χ0v) is 11.7. The predicted molar refractivity (Wildman–Crippen MR) is 70.3 cm³/mol. The van der Waals surface area contributed by atoms with Gasteiger partial charge in [0, 0.05) is 24.4 Å². The molecule has 1 rings (SSSR count). The fourth-order valence-electron chi connectivity index (χ4n) is 2.07. The van der Waals surface area contributed by atoms with Gasteiger partial charge in [0.25, 0.3) is 0 Å². The normalized spacial score (nSPS) is 21.2. The summed E-state index contributed by atoms with van der Waals surface area (Å²) in [5.41, 5.74) is 0.0336. The molecule has 0 aromatic heterocycles. The van der Waals surface area contributed by atoms with Crippen LogP contribution in [0.1, 0.15) is 46.0 Å². The van der Waals surface area contributed by atoms with Crippen LogP contribution in [-0.2, 0) is 9.53 Å². The lowest BCUT2D eigenvalue weighted by Gasteiger charge is -2.30. The van der Waals surface area contributed by atoms with E-state index in [0.717, 1.165) is 32.1 Å². The van der Waals surface area contributed by atoms with Crippen molar-refractivity contribution in [2.75, 3.05) is 19.0 Å². The maximum Gasteiger partial charge on any atom is 0.249 e. The van der Waals surface area contributed by atoms with Gasteiger partial charge in [0.1, 0.15) is 6.10 Å². The van der Waals surface area contributed by atoms with E-state index in [2.05, 4.69) is 19.2 Å². The molecule has 1 aliphatic heterocycles. The van der Waals surface area contributed by atoms with Crippen molar-refractivity contribution in [3.05, 3.63) is 0 Å². The van der Waals surface area contributed by atoms with Crippen molar-refractivity contribution >= 4 is 17.5 Å². The van der Waals surface area contributed by atoms with Crippen LogP contribution in [0.2, 0.25) is 0 Å². The molecule has 1 amide bonds. The third kappa shape index (κ3) is 4.14. The molecule has 4 heteroatoms. The molecule has 1 unspecified atom stereocenters. The van der Waals surface area contributed by atoms with Gasteiger partial charge in [0.2, 0.25) is 5.91 Å². The molecule has 0 radical (unpaired) electrons. The summed E-state index contributed by atoms with van der Waals surface area (Å²) in [6, 6.07) is 0. The Hall–Kier alpha value is -0.280. The Balaban J connectivity index is 2.40. The Labute approximate surface area is 109 Å². The topological polar surface area (TPSA) is 38.3 Å². The summed E-state index contributed by atoms with van der Waals surface area (Å²) in [6.45, 7) is 5.60. The number of hydrogen-bond donors (Lipinski definition) is 1. The number of nitrogens with one attached hydrogen (secondary N) is 1. The predicted octanol–water partition coefficient (Wildman–Crippen LogP) is 2.72. The molecule has 1 fully saturated rings. The van der Waals surface area contributed by atoms with Crippen LogP contribution in [0.4, 0.5) is 0 Å². The summed E-state index contributed by atoms with van der Waals surface area (Å²) in [5.74, 6) is 0.618. The Bertz CT molecular complexity index is 227. The fourth-order valence-corrected chi connectivity index (χ4v) is 2.54. The number of halogens is 1. The van der Waals surface area contributed by atoms with Crippen LogP contribution < -0.4 is 5.32 Å². The first kappa shape index (κ1) is 14.8. The molecule has 17 heavy (non-hydrogen) atoms. The molecule has 1 atom stereocenters. The van der Waals surface area contributed by atoms with Crippen LogP contribution in [0.25, 0.3) is 0 Å². The minimum atomic E-state index is -0.245. The number of hydrogen-bond acceptors (Lipinski definition) is 2. The smallest absolute Gasteiger partial charge is 0.249 e. The molecular formula is C13H24ClNO2. The molecule has 100 valence electrons. The number of alkyl halides is 1. The monoisotopic (exact) mass is 261 g/mol. The zero-order chi connectivity index (χ0) is 12.7. The number of amides is 1. The minimum Gasteiger partial charge on any atom is -0.368 e. The summed E-state index contributed by atoms with van der Waals surface area (Å²) >= 11 is 6.01. The van der Waals surface area contributed by atoms with Gasteiger partial charge in [-0.1, -0.05) is 13.8 Å². The van der Waals surface area contributed by atoms with Gasteiger partial charge in [-0.2, -0.15) is 0 Å². The first-order chi connectivity index (χ1) is 8.17. The summed E-state index contributed by atoms with van der Waals surface area (Å²) in [7, 11) is 0. The Morgan fingerprint density at radius 3 is 2.59 bits per heavy atom. The first-order valence-corrected chi connectivity index (χ1v) is 7.16. The second-order valence-corrected chi connectivity index (χ2v) is 5.18. The standard InChI is InChI=1S/C13H24ClNO2/c1-3-13(4-2,9-14)10-15-12(16)11-7-5-6-8-17-11/h11H,3-10H2,1-2H3,(H,15,16). The lowest BCUT2D eigenvalue weighted by atomic mass is 9.84. The number of carbonyl (C=O) groups is 1. The third-order valence-corrected chi connectivity index (χ3v) is 4.46. The van der Waals surface area contributed by atoms with Crippen molar-refractivity contribution in [1.29, 1.82) is 0 Å². The summed E-state index contributed by atoms with van der Waals surface area (Å²) in [5, 5.41) is 3.00. The first-order valence-electron chi connectivity index (χ1n) is 6.62. The van der Waals surface area contributed by atoms with E-state index < -0.39 is 0 Å². The van der Waals surface area contributed by atoms with E-state index in [-0.39, 0.29) is 17.4 Å². The lowest BCUT2D eigenvalue weighted by molar-refractivity contribution is -0.135. The SMILES string of the molecule is CCC(CC)(CCl)CNC(=O)C1CCCCO1. The van der Waals surface area contributed by atoms with E-state index in [9.17, 15) is 4.79 Å². The molecule has 1 aliphatic rings. The third-order valence-electron chi connectivity index (χ3n) is 3.89. The maximum atomic E-state index is 11.9. The molecular weight excluding hydrogens is 238 g/mol. The van der Waals surface area contributed by atoms with Gasteiger partial charge < -0.3 is 10.1 Å². The Morgan fingerprint density at radius 2 is 2.12 bits per heavy atom. The van der Waals surface area contributed by atoms with Crippen LogP contribution in [-0.4, -0.2) is 31.0 Å². The van der Waals surface area contributed by atoms with Crippen molar-refractivity contribution in [1.82, 2.24) is 5.32 Å². The molecule has 3 nitrogen and oxygen atoms in total. The highest BCUT2D eigenvalue weighted by molar-refractivity contribution is 6.18. The lowest BCUT2D eigenvalue weighted by Crippen LogP contribution is -2.44. The molecule has 1 heterocycles. The summed E-state index contributed by atoms with van der Waals surface area (Å²) < 4.78 is 5.46. The van der Waals surface area contributed by atoms with Crippen molar-refractivity contribution in [2.24, 2.45) is 5.41 Å². The van der Waals surface area contributed by atoms with E-state index in [4.69, 9.17) is 16.3 Å². The van der Waals surface area contributed by atoms with Gasteiger partial charge in [0.15, 0.2) is 0 Å². The maximum absolute atomic E-state index is 11.9. The van der Waals surface area contributed by atoms with Gasteiger partial charge in [-0.15, -0.1) is 11.6 Å². The highest BCUT2D eigenvalue weighted by Gasteiger charge is 2.28. The van der Waals surface area contributed by atoms with Crippen LogP contribution in [0.3, 0.4) is 0 Å². The van der Waals surface area contributed by atoms with E-state index >= 15 is 0 Å². The average Bonchev–Trinajstić information content (AvgIpc) is 2.41. The van der Waals surface area contributed by atoms with Crippen LogP contribution >= 0.6 is 11.6 Å². The highest BCUT2D eigenvalue weighted by atomic mass is 35.5. The molecule has 0 spiro atoms. The number of rotatable bonds is 6. The van der Waals surface area contributed by atoms with Crippen LogP contribution in [0.15, 0.2) is 0 Å². The average molecular weight is 262 g/mol. The van der Waals surface area contributed by atoms with Crippen LogP contribution in [0, 0.1) is 5.41 Å². The molecule has 0 aromatic carbocycles. The van der Waals surface area contributed by atoms with E-state index in [1.165, 1.54) is 0 Å². The molecule has 0 aromatic rings. The molecule has 1 saturated heterocycles. The van der Waals surface area contributed by atoms with Gasteiger partial charge in [-0.05, 0) is 32.1 Å². The number of carbonyl (C=O) groups excluding carboxylic acids is 1. The summed E-state index contributed by atoms with van der Waals surface area (Å²) in [4.78, 5) is 11.9. The summed E-state index contributed by atoms with van der Waals surface area (Å²) in [6.07, 6.45) is 4.72. The second kappa shape index (κ2) is 7.22. The molecule has 0 bridgehead atoms. The Kier molecular flexibility index (Phi) is 6.28. The quantitative estimate of drug-likeness (QED) is 0.747. The van der Waals surface area contributed by atoms with Gasteiger partial charge in [-0.25, -0.2) is 0 Å². The van der Waals surface area contributed by atoms with Gasteiger partial charge in [-0.3, -0.25) is 4.79 Å². The van der Waals surface area contributed by atoms with Crippen molar-refractivity contribution in [3.8, 4) is 0 Å². The fraction of sp³-hybridized carbons (Fsp3) is 0.923. The molecule has 0 aliphatic carbocycles. The molecule has 1 N–H and O–H groups in total. The van der Waals surface area contributed by atoms with Gasteiger partial charge >= 0.3 is 0 Å².